The molecule has 0 saturated carbocycles. The second-order valence-corrected chi connectivity index (χ2v) is 4.73. The molecule has 0 amide bonds. The van der Waals surface area contributed by atoms with Crippen molar-refractivity contribution in [3.05, 3.63) is 56.7 Å². The lowest BCUT2D eigenvalue weighted by Gasteiger charge is -2.03. The summed E-state index contributed by atoms with van der Waals surface area (Å²) in [5, 5.41) is -0.101. The number of furan rings is 1. The van der Waals surface area contributed by atoms with Crippen molar-refractivity contribution >= 4 is 33.3 Å². The first-order valence-corrected chi connectivity index (χ1v) is 5.91. The molecular formula is C12H7BrClFO2. The summed E-state index contributed by atoms with van der Waals surface area (Å²) in [6, 6.07) is 4.47. The maximum Gasteiger partial charge on any atom is 0.199 e. The maximum atomic E-state index is 13.8. The van der Waals surface area contributed by atoms with E-state index in [4.69, 9.17) is 16.0 Å². The summed E-state index contributed by atoms with van der Waals surface area (Å²) >= 11 is 8.81. The Morgan fingerprint density at radius 1 is 1.47 bits per heavy atom. The highest BCUT2D eigenvalue weighted by Crippen LogP contribution is 2.28. The number of hydrogen-bond acceptors (Lipinski definition) is 2. The summed E-state index contributed by atoms with van der Waals surface area (Å²) in [6.45, 7) is 1.71. The molecular weight excluding hydrogens is 310 g/mol. The number of carbonyl (C=O) groups is 1. The molecule has 0 N–H and O–H groups in total. The fourth-order valence-electron chi connectivity index (χ4n) is 1.42. The third-order valence-corrected chi connectivity index (χ3v) is 3.53. The van der Waals surface area contributed by atoms with E-state index in [1.165, 1.54) is 18.4 Å². The first kappa shape index (κ1) is 12.3. The summed E-state index contributed by atoms with van der Waals surface area (Å²) in [5.74, 6) is -0.587. The predicted molar refractivity (Wildman–Crippen MR) is 66.0 cm³/mol. The van der Waals surface area contributed by atoms with E-state index in [0.29, 0.717) is 15.8 Å². The fourth-order valence-corrected chi connectivity index (χ4v) is 1.89. The van der Waals surface area contributed by atoms with E-state index in [9.17, 15) is 9.18 Å². The Morgan fingerprint density at radius 2 is 2.18 bits per heavy atom. The molecule has 2 rings (SSSR count). The van der Waals surface area contributed by atoms with E-state index in [-0.39, 0.29) is 10.6 Å². The number of carbonyl (C=O) groups excluding carboxylic acids is 1. The van der Waals surface area contributed by atoms with Crippen LogP contribution >= 0.6 is 27.5 Å². The van der Waals surface area contributed by atoms with Crippen molar-refractivity contribution in [2.45, 2.75) is 6.92 Å². The number of benzene rings is 1. The van der Waals surface area contributed by atoms with Gasteiger partial charge >= 0.3 is 0 Å². The van der Waals surface area contributed by atoms with Gasteiger partial charge in [0.25, 0.3) is 0 Å². The van der Waals surface area contributed by atoms with Crippen LogP contribution in [0.3, 0.4) is 0 Å². The van der Waals surface area contributed by atoms with Crippen molar-refractivity contribution in [3.63, 3.8) is 0 Å². The van der Waals surface area contributed by atoms with E-state index in [1.807, 2.05) is 0 Å². The standard InChI is InChI=1S/C12H7BrClFO2/c1-6-4-7(5-17-6)12(16)8-2-3-9(13)10(14)11(8)15/h2-5H,1H3. The first-order valence-electron chi connectivity index (χ1n) is 4.74. The Morgan fingerprint density at radius 3 is 2.76 bits per heavy atom. The second-order valence-electron chi connectivity index (χ2n) is 3.50. The van der Waals surface area contributed by atoms with Gasteiger partial charge in [0.1, 0.15) is 12.0 Å². The van der Waals surface area contributed by atoms with Gasteiger partial charge < -0.3 is 4.42 Å². The average Bonchev–Trinajstić information content (AvgIpc) is 2.72. The Bertz CT molecular complexity index is 592. The van der Waals surface area contributed by atoms with Crippen LogP contribution < -0.4 is 0 Å². The van der Waals surface area contributed by atoms with Crippen LogP contribution in [0.5, 0.6) is 0 Å². The molecule has 1 aromatic carbocycles. The molecule has 17 heavy (non-hydrogen) atoms. The number of ketones is 1. The predicted octanol–water partition coefficient (Wildman–Crippen LogP) is 4.37. The summed E-state index contributed by atoms with van der Waals surface area (Å²) in [7, 11) is 0. The molecule has 0 spiro atoms. The van der Waals surface area contributed by atoms with E-state index in [1.54, 1.807) is 13.0 Å². The van der Waals surface area contributed by atoms with Gasteiger partial charge in [-0.2, -0.15) is 0 Å². The zero-order chi connectivity index (χ0) is 12.6. The summed E-state index contributed by atoms with van der Waals surface area (Å²) in [6.07, 6.45) is 1.30. The zero-order valence-corrected chi connectivity index (χ0v) is 11.1. The maximum absolute atomic E-state index is 13.8. The van der Waals surface area contributed by atoms with Crippen LogP contribution in [0, 0.1) is 12.7 Å². The number of rotatable bonds is 2. The number of halogens is 3. The van der Waals surface area contributed by atoms with Gasteiger partial charge in [0.15, 0.2) is 11.6 Å². The third-order valence-electron chi connectivity index (χ3n) is 2.27. The van der Waals surface area contributed by atoms with Crippen LogP contribution in [0.4, 0.5) is 4.39 Å². The monoisotopic (exact) mass is 316 g/mol. The highest BCUT2D eigenvalue weighted by molar-refractivity contribution is 9.10. The van der Waals surface area contributed by atoms with Crippen molar-refractivity contribution in [2.24, 2.45) is 0 Å². The molecule has 0 fully saturated rings. The third kappa shape index (κ3) is 2.28. The Kier molecular flexibility index (Phi) is 3.35. The Balaban J connectivity index is 2.48. The Hall–Kier alpha value is -1.13. The van der Waals surface area contributed by atoms with E-state index in [0.717, 1.165) is 0 Å². The van der Waals surface area contributed by atoms with Gasteiger partial charge in [-0.25, -0.2) is 4.39 Å². The van der Waals surface area contributed by atoms with Crippen LogP contribution in [0.25, 0.3) is 0 Å². The first-order chi connectivity index (χ1) is 8.00. The normalized spacial score (nSPS) is 10.6. The summed E-state index contributed by atoms with van der Waals surface area (Å²) in [5.41, 5.74) is 0.235. The molecule has 0 unspecified atom stereocenters. The van der Waals surface area contributed by atoms with Crippen molar-refractivity contribution in [1.29, 1.82) is 0 Å². The molecule has 0 radical (unpaired) electrons. The molecule has 2 aromatic rings. The van der Waals surface area contributed by atoms with Crippen molar-refractivity contribution < 1.29 is 13.6 Å². The lowest BCUT2D eigenvalue weighted by molar-refractivity contribution is 0.103. The molecule has 1 aromatic heterocycles. The van der Waals surface area contributed by atoms with Gasteiger partial charge in [0.2, 0.25) is 0 Å². The highest BCUT2D eigenvalue weighted by Gasteiger charge is 2.19. The van der Waals surface area contributed by atoms with Crippen molar-refractivity contribution in [3.8, 4) is 0 Å². The van der Waals surface area contributed by atoms with Crippen LogP contribution in [-0.4, -0.2) is 5.78 Å². The molecule has 5 heteroatoms. The molecule has 0 bridgehead atoms. The lowest BCUT2D eigenvalue weighted by atomic mass is 10.1. The van der Waals surface area contributed by atoms with Gasteiger partial charge in [-0.05, 0) is 41.1 Å². The summed E-state index contributed by atoms with van der Waals surface area (Å²) in [4.78, 5) is 12.0. The molecule has 0 atom stereocenters. The van der Waals surface area contributed by atoms with Gasteiger partial charge in [0, 0.05) is 4.47 Å². The molecule has 2 nitrogen and oxygen atoms in total. The van der Waals surface area contributed by atoms with Crippen molar-refractivity contribution in [2.75, 3.05) is 0 Å². The largest absolute Gasteiger partial charge is 0.469 e. The van der Waals surface area contributed by atoms with Gasteiger partial charge in [-0.3, -0.25) is 4.79 Å². The average molecular weight is 318 g/mol. The SMILES string of the molecule is Cc1cc(C(=O)c2ccc(Br)c(Cl)c2F)co1. The quantitative estimate of drug-likeness (QED) is 0.608. The van der Waals surface area contributed by atoms with E-state index < -0.39 is 11.6 Å². The molecule has 1 heterocycles. The topological polar surface area (TPSA) is 30.2 Å². The van der Waals surface area contributed by atoms with Crippen LogP contribution in [0.2, 0.25) is 5.02 Å². The van der Waals surface area contributed by atoms with Crippen molar-refractivity contribution in [1.82, 2.24) is 0 Å². The number of hydrogen-bond donors (Lipinski definition) is 0. The van der Waals surface area contributed by atoms with Crippen LogP contribution in [-0.2, 0) is 0 Å². The summed E-state index contributed by atoms with van der Waals surface area (Å²) < 4.78 is 19.2. The molecule has 0 aliphatic rings. The fraction of sp³-hybridized carbons (Fsp3) is 0.0833. The Labute approximate surface area is 111 Å². The van der Waals surface area contributed by atoms with Crippen LogP contribution in [0.1, 0.15) is 21.7 Å². The highest BCUT2D eigenvalue weighted by atomic mass is 79.9. The van der Waals surface area contributed by atoms with Gasteiger partial charge in [0.05, 0.1) is 16.1 Å². The van der Waals surface area contributed by atoms with Gasteiger partial charge in [-0.15, -0.1) is 0 Å². The van der Waals surface area contributed by atoms with E-state index in [2.05, 4.69) is 15.9 Å². The lowest BCUT2D eigenvalue weighted by Crippen LogP contribution is -2.03. The zero-order valence-electron chi connectivity index (χ0n) is 8.76. The second kappa shape index (κ2) is 4.63. The molecule has 0 saturated heterocycles. The van der Waals surface area contributed by atoms with Crippen LogP contribution in [0.15, 0.2) is 33.4 Å². The van der Waals surface area contributed by atoms with E-state index >= 15 is 0 Å². The van der Waals surface area contributed by atoms with Gasteiger partial charge in [-0.1, -0.05) is 11.6 Å². The molecule has 0 aliphatic carbocycles. The number of aryl methyl sites for hydroxylation is 1. The minimum atomic E-state index is -0.732. The molecule has 88 valence electrons. The smallest absolute Gasteiger partial charge is 0.199 e. The molecule has 0 aliphatic heterocycles. The minimum Gasteiger partial charge on any atom is -0.469 e. The minimum absolute atomic E-state index is 0.0704.